The van der Waals surface area contributed by atoms with Crippen LogP contribution in [0, 0.1) is 0 Å². The molecular weight excluding hydrogens is 250 g/mol. The maximum Gasteiger partial charge on any atom is 0.317 e. The van der Waals surface area contributed by atoms with E-state index in [9.17, 15) is 4.79 Å². The van der Waals surface area contributed by atoms with Gasteiger partial charge in [0.25, 0.3) is 0 Å². The maximum absolute atomic E-state index is 10.7. The SMILES string of the molecule is O=C(O)CNCc1c2ccccc2cc2ccccc12. The Balaban J connectivity index is 2.15. The molecule has 3 rings (SSSR count). The van der Waals surface area contributed by atoms with Crippen LogP contribution in [-0.2, 0) is 11.3 Å². The summed E-state index contributed by atoms with van der Waals surface area (Å²) in [6.07, 6.45) is 0. The Labute approximate surface area is 116 Å². The molecule has 0 aliphatic rings. The van der Waals surface area contributed by atoms with Crippen molar-refractivity contribution in [3.05, 3.63) is 60.2 Å². The highest BCUT2D eigenvalue weighted by atomic mass is 16.4. The molecule has 3 aromatic carbocycles. The lowest BCUT2D eigenvalue weighted by atomic mass is 9.97. The minimum absolute atomic E-state index is 0.0302. The van der Waals surface area contributed by atoms with E-state index in [0.717, 1.165) is 5.56 Å². The monoisotopic (exact) mass is 265 g/mol. The third-order valence-electron chi connectivity index (χ3n) is 3.46. The van der Waals surface area contributed by atoms with Crippen LogP contribution < -0.4 is 5.32 Å². The van der Waals surface area contributed by atoms with E-state index >= 15 is 0 Å². The van der Waals surface area contributed by atoms with Gasteiger partial charge in [-0.25, -0.2) is 0 Å². The maximum atomic E-state index is 10.7. The normalized spacial score (nSPS) is 11.0. The van der Waals surface area contributed by atoms with Crippen LogP contribution >= 0.6 is 0 Å². The molecular formula is C17H15NO2. The van der Waals surface area contributed by atoms with E-state index in [1.165, 1.54) is 21.5 Å². The summed E-state index contributed by atoms with van der Waals surface area (Å²) in [4.78, 5) is 10.7. The highest BCUT2D eigenvalue weighted by Crippen LogP contribution is 2.28. The van der Waals surface area contributed by atoms with Gasteiger partial charge in [-0.15, -0.1) is 0 Å². The van der Waals surface area contributed by atoms with Crippen molar-refractivity contribution in [2.24, 2.45) is 0 Å². The lowest BCUT2D eigenvalue weighted by Crippen LogP contribution is -2.22. The minimum Gasteiger partial charge on any atom is -0.480 e. The van der Waals surface area contributed by atoms with Crippen molar-refractivity contribution >= 4 is 27.5 Å². The van der Waals surface area contributed by atoms with Crippen LogP contribution in [0.4, 0.5) is 0 Å². The second-order valence-electron chi connectivity index (χ2n) is 4.79. The second-order valence-corrected chi connectivity index (χ2v) is 4.79. The molecule has 3 aromatic rings. The Morgan fingerprint density at radius 1 is 0.950 bits per heavy atom. The summed E-state index contributed by atoms with van der Waals surface area (Å²) in [6.45, 7) is 0.520. The first-order valence-electron chi connectivity index (χ1n) is 6.57. The van der Waals surface area contributed by atoms with Gasteiger partial charge >= 0.3 is 5.97 Å². The molecule has 2 N–H and O–H groups in total. The second kappa shape index (κ2) is 5.31. The molecule has 0 saturated heterocycles. The summed E-state index contributed by atoms with van der Waals surface area (Å²) >= 11 is 0. The van der Waals surface area contributed by atoms with Crippen molar-refractivity contribution in [3.8, 4) is 0 Å². The van der Waals surface area contributed by atoms with Gasteiger partial charge in [0.2, 0.25) is 0 Å². The van der Waals surface area contributed by atoms with Gasteiger partial charge in [0.05, 0.1) is 6.54 Å². The van der Waals surface area contributed by atoms with Crippen molar-refractivity contribution in [1.82, 2.24) is 5.32 Å². The lowest BCUT2D eigenvalue weighted by molar-refractivity contribution is -0.135. The van der Waals surface area contributed by atoms with Gasteiger partial charge in [-0.1, -0.05) is 48.5 Å². The van der Waals surface area contributed by atoms with Crippen LogP contribution in [0.1, 0.15) is 5.56 Å². The largest absolute Gasteiger partial charge is 0.480 e. The third kappa shape index (κ3) is 2.36. The Morgan fingerprint density at radius 2 is 1.50 bits per heavy atom. The van der Waals surface area contributed by atoms with Crippen LogP contribution in [-0.4, -0.2) is 17.6 Å². The topological polar surface area (TPSA) is 49.3 Å². The van der Waals surface area contributed by atoms with Gasteiger partial charge in [-0.05, 0) is 33.2 Å². The van der Waals surface area contributed by atoms with Crippen molar-refractivity contribution in [2.75, 3.05) is 6.54 Å². The van der Waals surface area contributed by atoms with E-state index < -0.39 is 5.97 Å². The Bertz CT molecular complexity index is 726. The molecule has 0 fully saturated rings. The number of aliphatic carboxylic acids is 1. The van der Waals surface area contributed by atoms with Crippen LogP contribution in [0.2, 0.25) is 0 Å². The molecule has 0 aliphatic carbocycles. The summed E-state index contributed by atoms with van der Waals surface area (Å²) < 4.78 is 0. The van der Waals surface area contributed by atoms with E-state index in [1.807, 2.05) is 24.3 Å². The molecule has 3 nitrogen and oxygen atoms in total. The van der Waals surface area contributed by atoms with Crippen LogP contribution in [0.3, 0.4) is 0 Å². The van der Waals surface area contributed by atoms with E-state index in [1.54, 1.807) is 0 Å². The smallest absolute Gasteiger partial charge is 0.317 e. The minimum atomic E-state index is -0.838. The summed E-state index contributed by atoms with van der Waals surface area (Å²) in [6, 6.07) is 18.6. The van der Waals surface area contributed by atoms with Gasteiger partial charge in [0.15, 0.2) is 0 Å². The molecule has 0 aliphatic heterocycles. The van der Waals surface area contributed by atoms with Crippen molar-refractivity contribution in [1.29, 1.82) is 0 Å². The number of carboxylic acids is 1. The number of hydrogen-bond donors (Lipinski definition) is 2. The first kappa shape index (κ1) is 12.6. The number of fused-ring (bicyclic) bond motifs is 2. The molecule has 0 atom stereocenters. The van der Waals surface area contributed by atoms with Crippen LogP contribution in [0.5, 0.6) is 0 Å². The number of carboxylic acid groups (broad SMARTS) is 1. The fourth-order valence-corrected chi connectivity index (χ4v) is 2.59. The number of rotatable bonds is 4. The van der Waals surface area contributed by atoms with Crippen LogP contribution in [0.15, 0.2) is 54.6 Å². The summed E-state index contributed by atoms with van der Waals surface area (Å²) in [7, 11) is 0. The highest BCUT2D eigenvalue weighted by Gasteiger charge is 2.07. The van der Waals surface area contributed by atoms with Crippen LogP contribution in [0.25, 0.3) is 21.5 Å². The lowest BCUT2D eigenvalue weighted by Gasteiger charge is -2.11. The molecule has 0 amide bonds. The van der Waals surface area contributed by atoms with E-state index in [4.69, 9.17) is 5.11 Å². The zero-order valence-corrected chi connectivity index (χ0v) is 11.0. The molecule has 20 heavy (non-hydrogen) atoms. The van der Waals surface area contributed by atoms with E-state index in [0.29, 0.717) is 6.54 Å². The molecule has 0 aromatic heterocycles. The van der Waals surface area contributed by atoms with Gasteiger partial charge in [-0.3, -0.25) is 4.79 Å². The molecule has 0 spiro atoms. The first-order chi connectivity index (χ1) is 9.75. The van der Waals surface area contributed by atoms with Crippen molar-refractivity contribution in [2.45, 2.75) is 6.54 Å². The molecule has 0 radical (unpaired) electrons. The number of hydrogen-bond acceptors (Lipinski definition) is 2. The van der Waals surface area contributed by atoms with E-state index in [2.05, 4.69) is 35.6 Å². The predicted molar refractivity (Wildman–Crippen MR) is 80.8 cm³/mol. The van der Waals surface area contributed by atoms with Gasteiger partial charge in [0, 0.05) is 6.54 Å². The summed E-state index contributed by atoms with van der Waals surface area (Å²) in [5.74, 6) is -0.838. The van der Waals surface area contributed by atoms with Gasteiger partial charge in [-0.2, -0.15) is 0 Å². The summed E-state index contributed by atoms with van der Waals surface area (Å²) in [5, 5.41) is 16.4. The Kier molecular flexibility index (Phi) is 3.35. The Morgan fingerprint density at radius 3 is 2.05 bits per heavy atom. The molecule has 100 valence electrons. The average Bonchev–Trinajstić information content (AvgIpc) is 2.46. The van der Waals surface area contributed by atoms with Crippen molar-refractivity contribution < 1.29 is 9.90 Å². The molecule has 0 bridgehead atoms. The molecule has 0 saturated carbocycles. The highest BCUT2D eigenvalue weighted by molar-refractivity contribution is 6.02. The molecule has 3 heteroatoms. The fraction of sp³-hybridized carbons (Fsp3) is 0.118. The fourth-order valence-electron chi connectivity index (χ4n) is 2.59. The first-order valence-corrected chi connectivity index (χ1v) is 6.57. The van der Waals surface area contributed by atoms with Gasteiger partial charge < -0.3 is 10.4 Å². The zero-order chi connectivity index (χ0) is 13.9. The number of benzene rings is 3. The zero-order valence-electron chi connectivity index (χ0n) is 11.0. The standard InChI is InChI=1S/C17H15NO2/c19-17(20)11-18-10-16-14-7-3-1-5-12(14)9-13-6-2-4-8-15(13)16/h1-9,18H,10-11H2,(H,19,20). The molecule has 0 unspecified atom stereocenters. The number of carbonyl (C=O) groups is 1. The van der Waals surface area contributed by atoms with E-state index in [-0.39, 0.29) is 6.54 Å². The average molecular weight is 265 g/mol. The third-order valence-corrected chi connectivity index (χ3v) is 3.46. The van der Waals surface area contributed by atoms with Crippen molar-refractivity contribution in [3.63, 3.8) is 0 Å². The predicted octanol–water partition coefficient (Wildman–Crippen LogP) is 3.17. The number of nitrogens with one attached hydrogen (secondary N) is 1. The quantitative estimate of drug-likeness (QED) is 0.712. The Hall–Kier alpha value is -2.39. The molecule has 0 heterocycles. The summed E-state index contributed by atoms with van der Waals surface area (Å²) in [5.41, 5.74) is 1.15. The van der Waals surface area contributed by atoms with Gasteiger partial charge in [0.1, 0.15) is 0 Å².